The topological polar surface area (TPSA) is 131 Å². The Morgan fingerprint density at radius 2 is 1.83 bits per heavy atom. The maximum Gasteiger partial charge on any atom is 0.322 e. The lowest BCUT2D eigenvalue weighted by Crippen LogP contribution is -2.48. The molecule has 0 saturated carbocycles. The van der Waals surface area contributed by atoms with Gasteiger partial charge in [0, 0.05) is 38.9 Å². The Balaban J connectivity index is 1.38. The molecule has 256 valence electrons. The first-order valence-corrected chi connectivity index (χ1v) is 16.4. The van der Waals surface area contributed by atoms with Crippen LogP contribution >= 0.6 is 0 Å². The molecule has 3 aliphatic heterocycles. The molecule has 3 unspecified atom stereocenters. The molecule has 2 saturated heterocycles. The lowest BCUT2D eigenvalue weighted by atomic mass is 10.1. The van der Waals surface area contributed by atoms with Crippen LogP contribution in [0.3, 0.4) is 0 Å². The summed E-state index contributed by atoms with van der Waals surface area (Å²) in [5.41, 5.74) is 1.20. The quantitative estimate of drug-likeness (QED) is 0.316. The second-order valence-corrected chi connectivity index (χ2v) is 11.9. The van der Waals surface area contributed by atoms with Gasteiger partial charge in [-0.25, -0.2) is 4.79 Å². The highest BCUT2D eigenvalue weighted by Crippen LogP contribution is 2.34. The second-order valence-electron chi connectivity index (χ2n) is 11.9. The van der Waals surface area contributed by atoms with Gasteiger partial charge in [-0.3, -0.25) is 9.59 Å². The van der Waals surface area contributed by atoms with E-state index in [0.29, 0.717) is 61.3 Å². The Bertz CT molecular complexity index is 1400. The van der Waals surface area contributed by atoms with Crippen LogP contribution in [0.1, 0.15) is 38.7 Å². The number of carbonyl (C=O) groups excluding carboxylic acids is 3. The Morgan fingerprint density at radius 3 is 2.55 bits per heavy atom. The fourth-order valence-electron chi connectivity index (χ4n) is 6.39. The van der Waals surface area contributed by atoms with Crippen molar-refractivity contribution in [2.24, 2.45) is 0 Å². The van der Waals surface area contributed by atoms with Crippen LogP contribution in [0.15, 0.2) is 36.4 Å². The van der Waals surface area contributed by atoms with Crippen LogP contribution < -0.4 is 29.6 Å². The smallest absolute Gasteiger partial charge is 0.322 e. The summed E-state index contributed by atoms with van der Waals surface area (Å²) in [4.78, 5) is 47.2. The number of likely N-dealkylation sites (tertiary alicyclic amines) is 1. The minimum Gasteiger partial charge on any atom is -0.497 e. The number of likely N-dealkylation sites (N-methyl/N-ethyl adjacent to an activating group) is 1. The van der Waals surface area contributed by atoms with Crippen molar-refractivity contribution in [2.45, 2.75) is 57.7 Å². The molecule has 2 aromatic rings. The Morgan fingerprint density at radius 1 is 1.02 bits per heavy atom. The van der Waals surface area contributed by atoms with E-state index in [1.54, 1.807) is 47.2 Å². The highest BCUT2D eigenvalue weighted by molar-refractivity contribution is 5.93. The number of ether oxygens (including phenoxy) is 5. The first-order chi connectivity index (χ1) is 22.8. The van der Waals surface area contributed by atoms with Gasteiger partial charge < -0.3 is 49.0 Å². The number of benzene rings is 2. The molecular formula is C34H47N5O8. The van der Waals surface area contributed by atoms with Crippen LogP contribution in [0, 0.1) is 0 Å². The van der Waals surface area contributed by atoms with Crippen LogP contribution in [-0.4, -0.2) is 118 Å². The van der Waals surface area contributed by atoms with Crippen LogP contribution in [0.5, 0.6) is 23.0 Å². The summed E-state index contributed by atoms with van der Waals surface area (Å²) in [5.74, 6) is 1.83. The summed E-state index contributed by atoms with van der Waals surface area (Å²) >= 11 is 0. The molecule has 3 aliphatic rings. The zero-order chi connectivity index (χ0) is 33.3. The number of anilines is 1. The van der Waals surface area contributed by atoms with Crippen molar-refractivity contribution in [2.75, 3.05) is 72.2 Å². The van der Waals surface area contributed by atoms with Crippen LogP contribution in [0.2, 0.25) is 0 Å². The summed E-state index contributed by atoms with van der Waals surface area (Å²) in [6.45, 7) is 8.38. The summed E-state index contributed by atoms with van der Waals surface area (Å²) in [6.07, 6.45) is 1.95. The molecule has 47 heavy (non-hydrogen) atoms. The highest BCUT2D eigenvalue weighted by Gasteiger charge is 2.44. The lowest BCUT2D eigenvalue weighted by molar-refractivity contribution is -0.138. The molecule has 0 aromatic heterocycles. The van der Waals surface area contributed by atoms with E-state index in [4.69, 9.17) is 23.7 Å². The maximum atomic E-state index is 14.0. The third-order valence-electron chi connectivity index (χ3n) is 9.09. The van der Waals surface area contributed by atoms with Crippen molar-refractivity contribution in [1.29, 1.82) is 0 Å². The second kappa shape index (κ2) is 16.1. The summed E-state index contributed by atoms with van der Waals surface area (Å²) in [6, 6.07) is 9.04. The minimum atomic E-state index is -0.746. The number of urea groups is 1. The third-order valence-corrected chi connectivity index (χ3v) is 9.09. The van der Waals surface area contributed by atoms with Gasteiger partial charge in [0.1, 0.15) is 17.5 Å². The number of hydrogen-bond acceptors (Lipinski definition) is 9. The van der Waals surface area contributed by atoms with Gasteiger partial charge in [-0.2, -0.15) is 0 Å². The lowest BCUT2D eigenvalue weighted by Gasteiger charge is -2.31. The van der Waals surface area contributed by atoms with Crippen LogP contribution in [-0.2, 0) is 20.7 Å². The van der Waals surface area contributed by atoms with Crippen molar-refractivity contribution >= 4 is 23.5 Å². The van der Waals surface area contributed by atoms with Gasteiger partial charge >= 0.3 is 6.03 Å². The van der Waals surface area contributed by atoms with Crippen molar-refractivity contribution in [3.05, 3.63) is 42.0 Å². The monoisotopic (exact) mass is 653 g/mol. The number of rotatable bonds is 14. The van der Waals surface area contributed by atoms with Gasteiger partial charge in [0.05, 0.1) is 38.5 Å². The molecule has 13 heteroatoms. The third kappa shape index (κ3) is 8.38. The largest absolute Gasteiger partial charge is 0.497 e. The molecule has 0 spiro atoms. The summed E-state index contributed by atoms with van der Waals surface area (Å²) in [7, 11) is 3.09. The van der Waals surface area contributed by atoms with E-state index in [1.165, 1.54) is 7.11 Å². The zero-order valence-electron chi connectivity index (χ0n) is 27.8. The average molecular weight is 654 g/mol. The standard InChI is InChI=1S/C34H47N5O8/c1-5-37(6-2)14-13-35-33(41)28-18-24(20-39(28)32(40)17-23-9-11-30-31(16-23)47-22-46-30)38(21-26-8-7-15-45-26)34(42)36-27-19-25(43-3)10-12-29(27)44-4/h9-12,16,19,24,26,28H,5-8,13-15,17-18,20-22H2,1-4H3,(H,35,41)(H,36,42). The fraction of sp³-hybridized carbons (Fsp3) is 0.559. The Labute approximate surface area is 276 Å². The van der Waals surface area contributed by atoms with Crippen molar-refractivity contribution in [3.63, 3.8) is 0 Å². The highest BCUT2D eigenvalue weighted by atomic mass is 16.7. The molecule has 5 rings (SSSR count). The van der Waals surface area contributed by atoms with E-state index in [9.17, 15) is 14.4 Å². The fourth-order valence-corrected chi connectivity index (χ4v) is 6.39. The molecule has 0 aliphatic carbocycles. The summed E-state index contributed by atoms with van der Waals surface area (Å²) < 4.78 is 27.7. The molecule has 3 heterocycles. The molecule has 4 amide bonds. The van der Waals surface area contributed by atoms with E-state index < -0.39 is 12.1 Å². The van der Waals surface area contributed by atoms with E-state index in [-0.39, 0.29) is 43.7 Å². The zero-order valence-corrected chi connectivity index (χ0v) is 27.8. The normalized spacial score (nSPS) is 19.9. The first-order valence-electron chi connectivity index (χ1n) is 16.4. The molecule has 0 bridgehead atoms. The SMILES string of the molecule is CCN(CC)CCNC(=O)C1CC(N(CC2CCCO2)C(=O)Nc2cc(OC)ccc2OC)CN1C(=O)Cc1ccc2c(c1)OCO2. The van der Waals surface area contributed by atoms with Gasteiger partial charge in [-0.05, 0) is 62.2 Å². The maximum absolute atomic E-state index is 14.0. The first kappa shape index (κ1) is 34.1. The predicted molar refractivity (Wildman–Crippen MR) is 175 cm³/mol. The molecule has 0 radical (unpaired) electrons. The molecule has 13 nitrogen and oxygen atoms in total. The van der Waals surface area contributed by atoms with Gasteiger partial charge in [-0.1, -0.05) is 19.9 Å². The minimum absolute atomic E-state index is 0.0749. The van der Waals surface area contributed by atoms with Gasteiger partial charge in [-0.15, -0.1) is 0 Å². The van der Waals surface area contributed by atoms with Crippen molar-refractivity contribution in [3.8, 4) is 23.0 Å². The molecular weight excluding hydrogens is 606 g/mol. The number of fused-ring (bicyclic) bond motifs is 1. The number of nitrogens with zero attached hydrogens (tertiary/aromatic N) is 3. The Kier molecular flexibility index (Phi) is 11.6. The Hall–Kier alpha value is -4.23. The molecule has 3 atom stereocenters. The van der Waals surface area contributed by atoms with Gasteiger partial charge in [0.15, 0.2) is 11.5 Å². The van der Waals surface area contributed by atoms with Crippen molar-refractivity contribution < 1.29 is 38.1 Å². The van der Waals surface area contributed by atoms with Crippen LogP contribution in [0.4, 0.5) is 10.5 Å². The summed E-state index contributed by atoms with van der Waals surface area (Å²) in [5, 5.41) is 6.04. The molecule has 2 fully saturated rings. The van der Waals surface area contributed by atoms with Gasteiger partial charge in [0.25, 0.3) is 0 Å². The molecule has 2 N–H and O–H groups in total. The van der Waals surface area contributed by atoms with Crippen LogP contribution in [0.25, 0.3) is 0 Å². The number of hydrogen-bond donors (Lipinski definition) is 2. The van der Waals surface area contributed by atoms with E-state index >= 15 is 0 Å². The van der Waals surface area contributed by atoms with Crippen molar-refractivity contribution in [1.82, 2.24) is 20.0 Å². The number of amides is 4. The van der Waals surface area contributed by atoms with E-state index in [2.05, 4.69) is 29.4 Å². The number of carbonyl (C=O) groups is 3. The number of methoxy groups -OCH3 is 2. The predicted octanol–water partition coefficient (Wildman–Crippen LogP) is 3.12. The van der Waals surface area contributed by atoms with Gasteiger partial charge in [0.2, 0.25) is 18.6 Å². The van der Waals surface area contributed by atoms with E-state index in [0.717, 1.165) is 31.5 Å². The average Bonchev–Trinajstić information content (AvgIpc) is 3.87. The van der Waals surface area contributed by atoms with E-state index in [1.807, 2.05) is 6.07 Å². The molecule has 2 aromatic carbocycles. The number of nitrogens with one attached hydrogen (secondary N) is 2.